The topological polar surface area (TPSA) is 148 Å². The lowest BCUT2D eigenvalue weighted by molar-refractivity contribution is 0.0981. The molecule has 0 unspecified atom stereocenters. The summed E-state index contributed by atoms with van der Waals surface area (Å²) in [6, 6.07) is 1.96. The summed E-state index contributed by atoms with van der Waals surface area (Å²) in [6.45, 7) is 5.33. The van der Waals surface area contributed by atoms with Crippen molar-refractivity contribution in [2.75, 3.05) is 5.32 Å². The Morgan fingerprint density at radius 2 is 2.20 bits per heavy atom. The lowest BCUT2D eigenvalue weighted by Gasteiger charge is -2.15. The number of aliphatic imine (C=N–C) groups is 1. The van der Waals surface area contributed by atoms with E-state index in [-0.39, 0.29) is 29.9 Å². The number of hydrogen-bond acceptors (Lipinski definition) is 8. The highest BCUT2D eigenvalue weighted by molar-refractivity contribution is 6.12. The lowest BCUT2D eigenvalue weighted by atomic mass is 10.0. The molecule has 10 nitrogen and oxygen atoms in total. The summed E-state index contributed by atoms with van der Waals surface area (Å²) in [4.78, 5) is 16.1. The first-order valence-electron chi connectivity index (χ1n) is 10.1. The summed E-state index contributed by atoms with van der Waals surface area (Å²) in [5.74, 6) is 1.32. The first-order chi connectivity index (χ1) is 14.3. The van der Waals surface area contributed by atoms with Gasteiger partial charge >= 0.3 is 6.09 Å². The quantitative estimate of drug-likeness (QED) is 0.393. The first kappa shape index (κ1) is 21.6. The molecule has 1 aliphatic heterocycles. The second-order valence-electron chi connectivity index (χ2n) is 7.80. The lowest BCUT2D eigenvalue weighted by Crippen LogP contribution is -2.33. The fraction of sp³-hybridized carbons (Fsp3) is 0.500. The number of aliphatic hydroxyl groups is 1. The van der Waals surface area contributed by atoms with E-state index in [1.54, 1.807) is 12.4 Å². The minimum Gasteiger partial charge on any atom is -0.446 e. The van der Waals surface area contributed by atoms with Crippen molar-refractivity contribution in [2.24, 2.45) is 4.99 Å². The van der Waals surface area contributed by atoms with Crippen LogP contribution >= 0.6 is 0 Å². The SMILES string of the molecule is CC(C)NC(=O)O[C@@H]1CC[C@H](c2cc(NC3=NC=CN/C3=C\C(=N)[C@@H](C)O)n[nH]2)C1. The number of carbonyl (C=O) groups excluding carboxylic acids is 1. The molecule has 0 radical (unpaired) electrons. The smallest absolute Gasteiger partial charge is 0.407 e. The van der Waals surface area contributed by atoms with Crippen LogP contribution in [-0.2, 0) is 4.74 Å². The van der Waals surface area contributed by atoms with Crippen LogP contribution in [0.4, 0.5) is 10.6 Å². The van der Waals surface area contributed by atoms with E-state index < -0.39 is 6.10 Å². The first-order valence-corrected chi connectivity index (χ1v) is 10.1. The van der Waals surface area contributed by atoms with Gasteiger partial charge in [-0.1, -0.05) is 0 Å². The van der Waals surface area contributed by atoms with E-state index in [1.807, 2.05) is 19.9 Å². The number of aromatic nitrogens is 2. The maximum Gasteiger partial charge on any atom is 0.407 e. The largest absolute Gasteiger partial charge is 0.446 e. The third kappa shape index (κ3) is 5.69. The Bertz CT molecular complexity index is 870. The Kier molecular flexibility index (Phi) is 6.88. The van der Waals surface area contributed by atoms with Crippen LogP contribution in [0.5, 0.6) is 0 Å². The zero-order valence-corrected chi connectivity index (χ0v) is 17.4. The van der Waals surface area contributed by atoms with E-state index in [1.165, 1.54) is 13.0 Å². The van der Waals surface area contributed by atoms with Gasteiger partial charge in [0.15, 0.2) is 11.7 Å². The van der Waals surface area contributed by atoms with E-state index in [9.17, 15) is 9.90 Å². The maximum absolute atomic E-state index is 11.8. The van der Waals surface area contributed by atoms with Crippen molar-refractivity contribution in [3.05, 3.63) is 35.9 Å². The molecule has 1 saturated carbocycles. The van der Waals surface area contributed by atoms with Gasteiger partial charge in [-0.15, -0.1) is 0 Å². The number of ether oxygens (including phenoxy) is 1. The number of nitrogens with zero attached hydrogens (tertiary/aromatic N) is 2. The minimum absolute atomic E-state index is 0.0474. The molecule has 1 aromatic heterocycles. The summed E-state index contributed by atoms with van der Waals surface area (Å²) in [5, 5.41) is 33.6. The van der Waals surface area contributed by atoms with Crippen LogP contribution in [0.1, 0.15) is 51.6 Å². The van der Waals surface area contributed by atoms with Crippen molar-refractivity contribution >= 4 is 23.5 Å². The molecule has 2 heterocycles. The van der Waals surface area contributed by atoms with Crippen LogP contribution in [-0.4, -0.2) is 51.2 Å². The number of carbonyl (C=O) groups is 1. The van der Waals surface area contributed by atoms with Crippen molar-refractivity contribution < 1.29 is 14.6 Å². The highest BCUT2D eigenvalue weighted by atomic mass is 16.6. The van der Waals surface area contributed by atoms with Gasteiger partial charge in [-0.05, 0) is 46.1 Å². The molecule has 0 bridgehead atoms. The molecule has 1 fully saturated rings. The van der Waals surface area contributed by atoms with Crippen molar-refractivity contribution in [1.29, 1.82) is 5.41 Å². The Labute approximate surface area is 175 Å². The molecule has 3 atom stereocenters. The monoisotopic (exact) mass is 415 g/mol. The summed E-state index contributed by atoms with van der Waals surface area (Å²) < 4.78 is 5.49. The van der Waals surface area contributed by atoms with Crippen molar-refractivity contribution in [2.45, 2.75) is 64.2 Å². The van der Waals surface area contributed by atoms with Crippen molar-refractivity contribution in [3.8, 4) is 0 Å². The molecule has 1 aliphatic carbocycles. The highest BCUT2D eigenvalue weighted by Crippen LogP contribution is 2.35. The molecule has 1 amide bonds. The molecule has 162 valence electrons. The van der Waals surface area contributed by atoms with Gasteiger partial charge in [0.1, 0.15) is 6.10 Å². The van der Waals surface area contributed by atoms with E-state index in [4.69, 9.17) is 10.1 Å². The third-order valence-electron chi connectivity index (χ3n) is 4.87. The van der Waals surface area contributed by atoms with Crippen LogP contribution < -0.4 is 16.0 Å². The van der Waals surface area contributed by atoms with Gasteiger partial charge in [-0.2, -0.15) is 5.10 Å². The average Bonchev–Trinajstić information content (AvgIpc) is 3.32. The zero-order chi connectivity index (χ0) is 21.7. The second kappa shape index (κ2) is 9.57. The maximum atomic E-state index is 11.8. The molecule has 0 spiro atoms. The van der Waals surface area contributed by atoms with E-state index >= 15 is 0 Å². The molecule has 6 N–H and O–H groups in total. The van der Waals surface area contributed by atoms with Crippen LogP contribution in [0, 0.1) is 5.41 Å². The number of nitrogens with one attached hydrogen (secondary N) is 5. The van der Waals surface area contributed by atoms with E-state index in [2.05, 4.69) is 31.1 Å². The Morgan fingerprint density at radius 1 is 1.40 bits per heavy atom. The molecular formula is C20H29N7O3. The predicted octanol–water partition coefficient (Wildman–Crippen LogP) is 2.35. The Balaban J connectivity index is 1.60. The number of aromatic amines is 1. The molecule has 1 aromatic rings. The van der Waals surface area contributed by atoms with Crippen LogP contribution in [0.3, 0.4) is 0 Å². The Morgan fingerprint density at radius 3 is 2.93 bits per heavy atom. The van der Waals surface area contributed by atoms with Gasteiger partial charge in [-0.25, -0.2) is 9.79 Å². The zero-order valence-electron chi connectivity index (χ0n) is 17.4. The van der Waals surface area contributed by atoms with Crippen LogP contribution in [0.2, 0.25) is 0 Å². The Hall–Kier alpha value is -3.14. The van der Waals surface area contributed by atoms with Gasteiger partial charge in [0, 0.05) is 36.1 Å². The number of alkyl carbamates (subject to hydrolysis) is 1. The number of aliphatic hydroxyl groups excluding tert-OH is 1. The summed E-state index contributed by atoms with van der Waals surface area (Å²) in [5.41, 5.74) is 1.61. The average molecular weight is 415 g/mol. The molecular weight excluding hydrogens is 386 g/mol. The highest BCUT2D eigenvalue weighted by Gasteiger charge is 2.30. The number of H-pyrrole nitrogens is 1. The van der Waals surface area contributed by atoms with Gasteiger partial charge < -0.3 is 31.2 Å². The van der Waals surface area contributed by atoms with Gasteiger partial charge in [0.25, 0.3) is 0 Å². The predicted molar refractivity (Wildman–Crippen MR) is 115 cm³/mol. The van der Waals surface area contributed by atoms with Crippen LogP contribution in [0.25, 0.3) is 0 Å². The van der Waals surface area contributed by atoms with Gasteiger partial charge in [0.05, 0.1) is 17.5 Å². The fourth-order valence-electron chi connectivity index (χ4n) is 3.34. The number of amides is 1. The second-order valence-corrected chi connectivity index (χ2v) is 7.80. The number of hydrogen-bond donors (Lipinski definition) is 6. The molecule has 2 aliphatic rings. The molecule has 0 aromatic carbocycles. The minimum atomic E-state index is -0.872. The van der Waals surface area contributed by atoms with Gasteiger partial charge in [-0.3, -0.25) is 5.10 Å². The molecule has 10 heteroatoms. The molecule has 3 rings (SSSR count). The fourth-order valence-corrected chi connectivity index (χ4v) is 3.34. The number of anilines is 1. The number of amidine groups is 1. The summed E-state index contributed by atoms with van der Waals surface area (Å²) in [7, 11) is 0. The summed E-state index contributed by atoms with van der Waals surface area (Å²) in [6.07, 6.45) is 5.88. The normalized spacial score (nSPS) is 23.1. The molecule has 0 saturated heterocycles. The van der Waals surface area contributed by atoms with Crippen LogP contribution in [0.15, 0.2) is 35.2 Å². The summed E-state index contributed by atoms with van der Waals surface area (Å²) >= 11 is 0. The third-order valence-corrected chi connectivity index (χ3v) is 4.87. The van der Waals surface area contributed by atoms with E-state index in [0.29, 0.717) is 17.4 Å². The van der Waals surface area contributed by atoms with Crippen molar-refractivity contribution in [1.82, 2.24) is 20.8 Å². The standard InChI is InChI=1S/C20H29N7O3/c1-11(2)24-20(29)30-14-5-4-13(8-14)16-10-18(27-26-16)25-19-17(22-6-7-23-19)9-15(21)12(3)28/h6-7,9-14,21-22,28H,4-5,8H2,1-3H3,(H,24,29)(H2,23,25,26,27)/b17-9-,21-15?/t12-,13+,14-/m1/s1. The van der Waals surface area contributed by atoms with Gasteiger partial charge in [0.2, 0.25) is 0 Å². The number of rotatable bonds is 6. The molecule has 30 heavy (non-hydrogen) atoms. The van der Waals surface area contributed by atoms with E-state index in [0.717, 1.165) is 25.0 Å². The van der Waals surface area contributed by atoms with Crippen molar-refractivity contribution in [3.63, 3.8) is 0 Å².